The van der Waals surface area contributed by atoms with E-state index in [1.54, 1.807) is 0 Å². The number of aliphatic hydroxyl groups excluding tert-OH is 1. The molecule has 1 aliphatic rings. The second-order valence-electron chi connectivity index (χ2n) is 5.56. The van der Waals surface area contributed by atoms with Crippen LogP contribution >= 0.6 is 0 Å². The predicted molar refractivity (Wildman–Crippen MR) is 89.8 cm³/mol. The molecule has 0 spiro atoms. The first kappa shape index (κ1) is 17.7. The number of cyclic esters (lactones) is 1. The lowest BCUT2D eigenvalue weighted by Gasteiger charge is -2.18. The van der Waals surface area contributed by atoms with E-state index in [1.807, 2.05) is 0 Å². The lowest BCUT2D eigenvalue weighted by atomic mass is 9.96. The predicted octanol–water partition coefficient (Wildman–Crippen LogP) is 1.65. The van der Waals surface area contributed by atoms with Crippen LogP contribution in [0.15, 0.2) is 41.9 Å². The fourth-order valence-electron chi connectivity index (χ4n) is 2.42. The Morgan fingerprint density at radius 1 is 0.741 bits per heavy atom. The third-order valence-electron chi connectivity index (χ3n) is 3.74. The van der Waals surface area contributed by atoms with Crippen molar-refractivity contribution in [1.29, 1.82) is 0 Å². The zero-order valence-electron chi connectivity index (χ0n) is 13.4. The minimum absolute atomic E-state index is 0.214. The Labute approximate surface area is 150 Å². The van der Waals surface area contributed by atoms with Crippen molar-refractivity contribution in [1.82, 2.24) is 0 Å². The molecule has 0 atom stereocenters. The van der Waals surface area contributed by atoms with E-state index in [2.05, 4.69) is 0 Å². The first-order chi connectivity index (χ1) is 12.7. The standard InChI is InChI=1S/C18H12O9/c19-9-2-1-7(3-11(9)21)4-14-16(24)15(17(25)18(26)27-14)8-5-12(22)13(23)6-10(8)20/h1-6,19-24H. The van der Waals surface area contributed by atoms with E-state index in [9.17, 15) is 40.2 Å². The molecule has 138 valence electrons. The summed E-state index contributed by atoms with van der Waals surface area (Å²) < 4.78 is 4.76. The summed E-state index contributed by atoms with van der Waals surface area (Å²) in [5, 5.41) is 58.1. The van der Waals surface area contributed by atoms with Crippen LogP contribution in [0.25, 0.3) is 11.6 Å². The molecule has 1 aliphatic heterocycles. The number of esters is 1. The number of rotatable bonds is 2. The lowest BCUT2D eigenvalue weighted by molar-refractivity contribution is -0.149. The van der Waals surface area contributed by atoms with Crippen molar-refractivity contribution in [2.75, 3.05) is 0 Å². The molecule has 0 aromatic heterocycles. The fraction of sp³-hybridized carbons (Fsp3) is 0. The van der Waals surface area contributed by atoms with Crippen LogP contribution in [-0.2, 0) is 14.3 Å². The van der Waals surface area contributed by atoms with Gasteiger partial charge in [0, 0.05) is 11.6 Å². The van der Waals surface area contributed by atoms with Crippen molar-refractivity contribution in [2.45, 2.75) is 0 Å². The van der Waals surface area contributed by atoms with Crippen LogP contribution in [-0.4, -0.2) is 42.4 Å². The summed E-state index contributed by atoms with van der Waals surface area (Å²) in [4.78, 5) is 24.0. The molecule has 0 amide bonds. The molecule has 0 unspecified atom stereocenters. The maximum atomic E-state index is 12.1. The smallest absolute Gasteiger partial charge is 0.385 e. The van der Waals surface area contributed by atoms with E-state index in [0.29, 0.717) is 0 Å². The highest BCUT2D eigenvalue weighted by atomic mass is 16.6. The van der Waals surface area contributed by atoms with E-state index in [0.717, 1.165) is 30.3 Å². The summed E-state index contributed by atoms with van der Waals surface area (Å²) in [6, 6.07) is 5.14. The van der Waals surface area contributed by atoms with Gasteiger partial charge in [0.05, 0.1) is 5.57 Å². The number of carbonyl (C=O) groups is 2. The van der Waals surface area contributed by atoms with Gasteiger partial charge >= 0.3 is 5.97 Å². The molecule has 0 fully saturated rings. The van der Waals surface area contributed by atoms with Crippen molar-refractivity contribution in [2.24, 2.45) is 0 Å². The highest BCUT2D eigenvalue weighted by molar-refractivity contribution is 6.53. The first-order valence-electron chi connectivity index (χ1n) is 7.38. The van der Waals surface area contributed by atoms with Gasteiger partial charge in [-0.05, 0) is 29.8 Å². The van der Waals surface area contributed by atoms with Crippen molar-refractivity contribution in [3.63, 3.8) is 0 Å². The van der Waals surface area contributed by atoms with Crippen molar-refractivity contribution in [3.05, 3.63) is 53.0 Å². The Morgan fingerprint density at radius 3 is 2.04 bits per heavy atom. The highest BCUT2D eigenvalue weighted by Gasteiger charge is 2.36. The number of carbonyl (C=O) groups excluding carboxylic acids is 2. The summed E-state index contributed by atoms with van der Waals surface area (Å²) in [6.45, 7) is 0. The number of aliphatic hydroxyl groups is 1. The average molecular weight is 372 g/mol. The van der Waals surface area contributed by atoms with Gasteiger partial charge in [0.15, 0.2) is 34.5 Å². The topological polar surface area (TPSA) is 165 Å². The summed E-state index contributed by atoms with van der Waals surface area (Å²) in [5.74, 6) is -6.80. The fourth-order valence-corrected chi connectivity index (χ4v) is 2.42. The molecule has 0 saturated heterocycles. The molecule has 3 rings (SSSR count). The monoisotopic (exact) mass is 372 g/mol. The Hall–Kier alpha value is -4.14. The van der Waals surface area contributed by atoms with Gasteiger partial charge in [-0.25, -0.2) is 4.79 Å². The first-order valence-corrected chi connectivity index (χ1v) is 7.38. The maximum absolute atomic E-state index is 12.1. The third kappa shape index (κ3) is 3.09. The number of phenols is 5. The number of ketones is 1. The molecule has 6 N–H and O–H groups in total. The Morgan fingerprint density at radius 2 is 1.37 bits per heavy atom. The maximum Gasteiger partial charge on any atom is 0.385 e. The molecule has 0 radical (unpaired) electrons. The minimum Gasteiger partial charge on any atom is -0.507 e. The van der Waals surface area contributed by atoms with Gasteiger partial charge in [0.1, 0.15) is 5.75 Å². The van der Waals surface area contributed by atoms with Gasteiger partial charge in [-0.2, -0.15) is 0 Å². The van der Waals surface area contributed by atoms with Crippen LogP contribution in [0.3, 0.4) is 0 Å². The molecular weight excluding hydrogens is 360 g/mol. The molecule has 2 aromatic carbocycles. The summed E-state index contributed by atoms with van der Waals surface area (Å²) in [6.07, 6.45) is 1.11. The van der Waals surface area contributed by atoms with E-state index in [1.165, 1.54) is 6.07 Å². The Bertz CT molecular complexity index is 1050. The van der Waals surface area contributed by atoms with E-state index in [-0.39, 0.29) is 5.56 Å². The molecule has 2 aromatic rings. The molecule has 9 nitrogen and oxygen atoms in total. The number of hydrogen-bond donors (Lipinski definition) is 6. The van der Waals surface area contributed by atoms with Crippen molar-refractivity contribution in [3.8, 4) is 28.7 Å². The Balaban J connectivity index is 2.19. The summed E-state index contributed by atoms with van der Waals surface area (Å²) >= 11 is 0. The lowest BCUT2D eigenvalue weighted by Crippen LogP contribution is -2.25. The molecule has 27 heavy (non-hydrogen) atoms. The quantitative estimate of drug-likeness (QED) is 0.199. The highest BCUT2D eigenvalue weighted by Crippen LogP contribution is 2.40. The normalized spacial score (nSPS) is 15.9. The van der Waals surface area contributed by atoms with E-state index in [4.69, 9.17) is 4.74 Å². The van der Waals surface area contributed by atoms with Crippen molar-refractivity contribution >= 4 is 23.4 Å². The van der Waals surface area contributed by atoms with Crippen molar-refractivity contribution < 1.29 is 45.0 Å². The molecule has 0 aliphatic carbocycles. The Kier molecular flexibility index (Phi) is 4.12. The number of benzene rings is 2. The van der Waals surface area contributed by atoms with Crippen LogP contribution in [0, 0.1) is 0 Å². The average Bonchev–Trinajstić information content (AvgIpc) is 2.60. The zero-order valence-corrected chi connectivity index (χ0v) is 13.4. The second-order valence-corrected chi connectivity index (χ2v) is 5.56. The van der Waals surface area contributed by atoms with Crippen LogP contribution in [0.4, 0.5) is 0 Å². The van der Waals surface area contributed by atoms with E-state index < -0.39 is 63.2 Å². The van der Waals surface area contributed by atoms with Crippen LogP contribution in [0.1, 0.15) is 11.1 Å². The second kappa shape index (κ2) is 6.30. The van der Waals surface area contributed by atoms with Gasteiger partial charge in [-0.15, -0.1) is 0 Å². The third-order valence-corrected chi connectivity index (χ3v) is 3.74. The van der Waals surface area contributed by atoms with Gasteiger partial charge < -0.3 is 35.4 Å². The molecule has 9 heteroatoms. The van der Waals surface area contributed by atoms with Gasteiger partial charge in [0.25, 0.3) is 5.78 Å². The number of ether oxygens (including phenoxy) is 1. The molecule has 0 bridgehead atoms. The zero-order chi connectivity index (χ0) is 19.9. The van der Waals surface area contributed by atoms with Gasteiger partial charge in [-0.1, -0.05) is 6.07 Å². The summed E-state index contributed by atoms with van der Waals surface area (Å²) in [5.41, 5.74) is -0.830. The van der Waals surface area contributed by atoms with Gasteiger partial charge in [0.2, 0.25) is 0 Å². The van der Waals surface area contributed by atoms with Crippen LogP contribution < -0.4 is 0 Å². The van der Waals surface area contributed by atoms with Crippen LogP contribution in [0.5, 0.6) is 28.7 Å². The SMILES string of the molecule is O=C1OC(=Cc2ccc(O)c(O)c2)C(O)=C(c2cc(O)c(O)cc2O)C1=O. The number of Topliss-reactive ketones (excluding diaryl/α,β-unsaturated/α-hetero) is 1. The minimum atomic E-state index is -1.36. The summed E-state index contributed by atoms with van der Waals surface area (Å²) in [7, 11) is 0. The molecule has 1 heterocycles. The molecular formula is C18H12O9. The van der Waals surface area contributed by atoms with Crippen LogP contribution in [0.2, 0.25) is 0 Å². The number of hydrogen-bond acceptors (Lipinski definition) is 9. The molecule has 0 saturated carbocycles. The van der Waals surface area contributed by atoms with Gasteiger partial charge in [-0.3, -0.25) is 4.79 Å². The largest absolute Gasteiger partial charge is 0.507 e. The van der Waals surface area contributed by atoms with E-state index >= 15 is 0 Å². The number of aromatic hydroxyl groups is 5. The number of phenolic OH excluding ortho intramolecular Hbond substituents is 5.